The maximum Gasteiger partial charge on any atom is 0.269 e. The highest BCUT2D eigenvalue weighted by molar-refractivity contribution is 6.06. The fourth-order valence-electron chi connectivity index (χ4n) is 2.82. The number of nitrogens with zero attached hydrogens (tertiary/aromatic N) is 2. The Labute approximate surface area is 128 Å². The molecule has 1 heterocycles. The Morgan fingerprint density at radius 3 is 2.59 bits per heavy atom. The van der Waals surface area contributed by atoms with Crippen molar-refractivity contribution >= 4 is 17.3 Å². The molecular formula is C17H16N2O3. The van der Waals surface area contributed by atoms with Gasteiger partial charge in [-0.25, -0.2) is 0 Å². The zero-order valence-corrected chi connectivity index (χ0v) is 12.3. The van der Waals surface area contributed by atoms with E-state index in [0.29, 0.717) is 12.1 Å². The van der Waals surface area contributed by atoms with Gasteiger partial charge in [-0.1, -0.05) is 17.7 Å². The van der Waals surface area contributed by atoms with Crippen LogP contribution in [0.3, 0.4) is 0 Å². The Kier molecular flexibility index (Phi) is 3.63. The first-order valence-electron chi connectivity index (χ1n) is 7.22. The van der Waals surface area contributed by atoms with Gasteiger partial charge in [0.25, 0.3) is 11.6 Å². The number of rotatable bonds is 2. The average molecular weight is 296 g/mol. The van der Waals surface area contributed by atoms with Crippen LogP contribution in [0.2, 0.25) is 0 Å². The summed E-state index contributed by atoms with van der Waals surface area (Å²) in [5.74, 6) is -0.111. The molecule has 0 saturated carbocycles. The molecule has 0 aliphatic carbocycles. The molecule has 0 N–H and O–H groups in total. The second-order valence-electron chi connectivity index (χ2n) is 5.50. The minimum Gasteiger partial charge on any atom is -0.308 e. The number of hydrogen-bond acceptors (Lipinski definition) is 3. The Morgan fingerprint density at radius 2 is 1.91 bits per heavy atom. The summed E-state index contributed by atoms with van der Waals surface area (Å²) in [6.07, 6.45) is 1.90. The SMILES string of the molecule is Cc1ccc2c(c1)CCCN2C(=O)c1ccc([N+](=O)[O-])cc1. The molecule has 1 aliphatic rings. The van der Waals surface area contributed by atoms with E-state index < -0.39 is 4.92 Å². The van der Waals surface area contributed by atoms with Gasteiger partial charge in [0.15, 0.2) is 0 Å². The lowest BCUT2D eigenvalue weighted by Crippen LogP contribution is -2.35. The predicted octanol–water partition coefficient (Wildman–Crippen LogP) is 3.50. The van der Waals surface area contributed by atoms with Gasteiger partial charge in [0.05, 0.1) is 4.92 Å². The van der Waals surface area contributed by atoms with Crippen molar-refractivity contribution in [3.63, 3.8) is 0 Å². The number of hydrogen-bond donors (Lipinski definition) is 0. The first kappa shape index (κ1) is 14.3. The zero-order valence-electron chi connectivity index (χ0n) is 12.3. The van der Waals surface area contributed by atoms with Gasteiger partial charge in [-0.3, -0.25) is 14.9 Å². The molecule has 22 heavy (non-hydrogen) atoms. The van der Waals surface area contributed by atoms with Crippen LogP contribution in [-0.4, -0.2) is 17.4 Å². The van der Waals surface area contributed by atoms with E-state index in [0.717, 1.165) is 18.5 Å². The number of anilines is 1. The van der Waals surface area contributed by atoms with E-state index in [1.54, 1.807) is 4.90 Å². The van der Waals surface area contributed by atoms with Crippen LogP contribution in [0.5, 0.6) is 0 Å². The molecule has 0 radical (unpaired) electrons. The van der Waals surface area contributed by atoms with Crippen molar-refractivity contribution in [1.82, 2.24) is 0 Å². The molecule has 1 aliphatic heterocycles. The highest BCUT2D eigenvalue weighted by Crippen LogP contribution is 2.29. The molecule has 2 aromatic rings. The van der Waals surface area contributed by atoms with Gasteiger partial charge in [-0.05, 0) is 43.5 Å². The normalized spacial score (nSPS) is 13.6. The van der Waals surface area contributed by atoms with Gasteiger partial charge in [-0.15, -0.1) is 0 Å². The van der Waals surface area contributed by atoms with Crippen molar-refractivity contribution in [3.05, 3.63) is 69.3 Å². The molecule has 0 fully saturated rings. The first-order chi connectivity index (χ1) is 10.6. The first-order valence-corrected chi connectivity index (χ1v) is 7.22. The van der Waals surface area contributed by atoms with Crippen LogP contribution in [0.25, 0.3) is 0 Å². The zero-order chi connectivity index (χ0) is 15.7. The number of nitro groups is 1. The molecule has 3 rings (SSSR count). The molecule has 0 atom stereocenters. The lowest BCUT2D eigenvalue weighted by Gasteiger charge is -2.29. The molecule has 0 aromatic heterocycles. The summed E-state index contributed by atoms with van der Waals surface area (Å²) in [4.78, 5) is 24.7. The maximum atomic E-state index is 12.7. The van der Waals surface area contributed by atoms with Crippen LogP contribution >= 0.6 is 0 Å². The number of benzene rings is 2. The molecule has 2 aromatic carbocycles. The summed E-state index contributed by atoms with van der Waals surface area (Å²) in [5.41, 5.74) is 3.77. The Morgan fingerprint density at radius 1 is 1.18 bits per heavy atom. The maximum absolute atomic E-state index is 12.7. The summed E-state index contributed by atoms with van der Waals surface area (Å²) < 4.78 is 0. The highest BCUT2D eigenvalue weighted by atomic mass is 16.6. The Balaban J connectivity index is 1.92. The molecule has 5 nitrogen and oxygen atoms in total. The summed E-state index contributed by atoms with van der Waals surface area (Å²) in [5, 5.41) is 10.7. The molecular weight excluding hydrogens is 280 g/mol. The van der Waals surface area contributed by atoms with Crippen molar-refractivity contribution in [2.45, 2.75) is 19.8 Å². The van der Waals surface area contributed by atoms with Gasteiger partial charge in [0.2, 0.25) is 0 Å². The van der Waals surface area contributed by atoms with Crippen LogP contribution in [0, 0.1) is 17.0 Å². The van der Waals surface area contributed by atoms with Crippen molar-refractivity contribution in [3.8, 4) is 0 Å². The summed E-state index contributed by atoms with van der Waals surface area (Å²) >= 11 is 0. The molecule has 0 saturated heterocycles. The third kappa shape index (κ3) is 2.57. The van der Waals surface area contributed by atoms with E-state index in [9.17, 15) is 14.9 Å². The summed E-state index contributed by atoms with van der Waals surface area (Å²) in [7, 11) is 0. The van der Waals surface area contributed by atoms with E-state index in [1.165, 1.54) is 35.4 Å². The van der Waals surface area contributed by atoms with Gasteiger partial charge >= 0.3 is 0 Å². The molecule has 112 valence electrons. The van der Waals surface area contributed by atoms with Crippen LogP contribution in [0.15, 0.2) is 42.5 Å². The minimum atomic E-state index is -0.465. The van der Waals surface area contributed by atoms with Crippen LogP contribution in [0.4, 0.5) is 11.4 Å². The van der Waals surface area contributed by atoms with E-state index >= 15 is 0 Å². The predicted molar refractivity (Wildman–Crippen MR) is 84.3 cm³/mol. The third-order valence-electron chi connectivity index (χ3n) is 3.92. The van der Waals surface area contributed by atoms with Crippen LogP contribution < -0.4 is 4.90 Å². The Hall–Kier alpha value is -2.69. The lowest BCUT2D eigenvalue weighted by molar-refractivity contribution is -0.384. The molecule has 0 unspecified atom stereocenters. The minimum absolute atomic E-state index is 0.00813. The quantitative estimate of drug-likeness (QED) is 0.629. The Bertz CT molecular complexity index is 738. The third-order valence-corrected chi connectivity index (χ3v) is 3.92. The fourth-order valence-corrected chi connectivity index (χ4v) is 2.82. The number of amides is 1. The molecule has 0 bridgehead atoms. The number of non-ortho nitro benzene ring substituents is 1. The highest BCUT2D eigenvalue weighted by Gasteiger charge is 2.23. The largest absolute Gasteiger partial charge is 0.308 e. The van der Waals surface area contributed by atoms with Crippen molar-refractivity contribution in [1.29, 1.82) is 0 Å². The molecule has 5 heteroatoms. The van der Waals surface area contributed by atoms with Gasteiger partial charge in [0.1, 0.15) is 0 Å². The number of aryl methyl sites for hydroxylation is 2. The second-order valence-corrected chi connectivity index (χ2v) is 5.50. The summed E-state index contributed by atoms with van der Waals surface area (Å²) in [6, 6.07) is 11.9. The fraction of sp³-hybridized carbons (Fsp3) is 0.235. The van der Waals surface area contributed by atoms with Crippen LogP contribution in [-0.2, 0) is 6.42 Å². The number of carbonyl (C=O) groups is 1. The number of fused-ring (bicyclic) bond motifs is 1. The topological polar surface area (TPSA) is 63.5 Å². The van der Waals surface area contributed by atoms with Gasteiger partial charge < -0.3 is 4.90 Å². The van der Waals surface area contributed by atoms with Crippen molar-refractivity contribution in [2.75, 3.05) is 11.4 Å². The smallest absolute Gasteiger partial charge is 0.269 e. The standard InChI is InChI=1S/C17H16N2O3/c1-12-4-9-16-14(11-12)3-2-10-18(16)17(20)13-5-7-15(8-6-13)19(21)22/h4-9,11H,2-3,10H2,1H3. The molecule has 1 amide bonds. The molecule has 0 spiro atoms. The van der Waals surface area contributed by atoms with Gasteiger partial charge in [0, 0.05) is 29.9 Å². The lowest BCUT2D eigenvalue weighted by atomic mass is 9.99. The van der Waals surface area contributed by atoms with Gasteiger partial charge in [-0.2, -0.15) is 0 Å². The van der Waals surface area contributed by atoms with Crippen LogP contribution in [0.1, 0.15) is 27.9 Å². The number of carbonyl (C=O) groups excluding carboxylic acids is 1. The van der Waals surface area contributed by atoms with E-state index in [1.807, 2.05) is 19.1 Å². The van der Waals surface area contributed by atoms with Crippen molar-refractivity contribution < 1.29 is 9.72 Å². The van der Waals surface area contributed by atoms with E-state index in [4.69, 9.17) is 0 Å². The van der Waals surface area contributed by atoms with E-state index in [2.05, 4.69) is 6.07 Å². The van der Waals surface area contributed by atoms with Crippen molar-refractivity contribution in [2.24, 2.45) is 0 Å². The summed E-state index contributed by atoms with van der Waals surface area (Å²) in [6.45, 7) is 2.71. The second kappa shape index (κ2) is 5.60. The van der Waals surface area contributed by atoms with E-state index in [-0.39, 0.29) is 11.6 Å². The average Bonchev–Trinajstić information content (AvgIpc) is 2.53. The monoisotopic (exact) mass is 296 g/mol. The number of nitro benzene ring substituents is 1.